The predicted octanol–water partition coefficient (Wildman–Crippen LogP) is 3.57. The van der Waals surface area contributed by atoms with Gasteiger partial charge >= 0.3 is 0 Å². The van der Waals surface area contributed by atoms with Gasteiger partial charge in [-0.2, -0.15) is 0 Å². The second kappa shape index (κ2) is 13.9. The maximum Gasteiger partial charge on any atom is 0.263 e. The van der Waals surface area contributed by atoms with Gasteiger partial charge in [-0.15, -0.1) is 11.6 Å². The number of halogens is 1. The van der Waals surface area contributed by atoms with Crippen LogP contribution < -0.4 is 5.32 Å². The van der Waals surface area contributed by atoms with E-state index in [4.69, 9.17) is 38.4 Å². The number of rotatable bonds is 4. The Morgan fingerprint density at radius 1 is 1.44 bits per heavy atom. The number of amides is 1. The zero-order valence-electron chi connectivity index (χ0n) is 14.3. The molecule has 25 heavy (non-hydrogen) atoms. The molecular formula is C17H22ClNO4S2. The Hall–Kier alpha value is -1.38. The van der Waals surface area contributed by atoms with E-state index in [-0.39, 0.29) is 12.5 Å². The fourth-order valence-electron chi connectivity index (χ4n) is 1.65. The third-order valence-electron chi connectivity index (χ3n) is 2.47. The summed E-state index contributed by atoms with van der Waals surface area (Å²) in [6.07, 6.45) is 7.38. The number of allylic oxidation sites excluding steroid dienone is 4. The Labute approximate surface area is 162 Å². The second-order valence-corrected chi connectivity index (χ2v) is 6.21. The summed E-state index contributed by atoms with van der Waals surface area (Å²) in [5, 5.41) is 17.1. The molecule has 0 unspecified atom stereocenters. The van der Waals surface area contributed by atoms with Gasteiger partial charge in [0.1, 0.15) is 15.8 Å². The molecule has 1 aromatic rings. The monoisotopic (exact) mass is 403 g/mol. The molecule has 0 atom stereocenters. The van der Waals surface area contributed by atoms with Crippen molar-refractivity contribution in [1.29, 1.82) is 0 Å². The van der Waals surface area contributed by atoms with E-state index in [9.17, 15) is 4.79 Å². The van der Waals surface area contributed by atoms with E-state index in [1.807, 2.05) is 37.3 Å². The van der Waals surface area contributed by atoms with Gasteiger partial charge in [-0.25, -0.2) is 0 Å². The quantitative estimate of drug-likeness (QED) is 0.308. The van der Waals surface area contributed by atoms with Gasteiger partial charge in [-0.3, -0.25) is 4.79 Å². The fraction of sp³-hybridized carbons (Fsp3) is 0.294. The van der Waals surface area contributed by atoms with E-state index in [0.717, 1.165) is 12.7 Å². The molecule has 1 amide bonds. The molecule has 1 aliphatic heterocycles. The number of aliphatic hydroxyl groups is 2. The lowest BCUT2D eigenvalue weighted by atomic mass is 10.2. The van der Waals surface area contributed by atoms with Gasteiger partial charge in [0.2, 0.25) is 0 Å². The molecule has 0 spiro atoms. The molecule has 3 N–H and O–H groups in total. The molecule has 0 aromatic carbocycles. The summed E-state index contributed by atoms with van der Waals surface area (Å²) in [5.74, 6) is 1.53. The Morgan fingerprint density at radius 3 is 2.56 bits per heavy atom. The summed E-state index contributed by atoms with van der Waals surface area (Å²) in [7, 11) is 1.00. The van der Waals surface area contributed by atoms with E-state index in [1.165, 1.54) is 11.8 Å². The number of aliphatic hydroxyl groups excluding tert-OH is 2. The topological polar surface area (TPSA) is 82.7 Å². The molecule has 5 nitrogen and oxygen atoms in total. The SMILES string of the molecule is C/C=C\C(=C/CCl)c1ccc(/C=C2\SC(=S)NC2=O)o1.CCO.CO. The van der Waals surface area contributed by atoms with Crippen LogP contribution in [0.1, 0.15) is 25.4 Å². The first kappa shape index (κ1) is 23.6. The van der Waals surface area contributed by atoms with Crippen molar-refractivity contribution in [1.82, 2.24) is 5.32 Å². The smallest absolute Gasteiger partial charge is 0.263 e. The predicted molar refractivity (Wildman–Crippen MR) is 109 cm³/mol. The Balaban J connectivity index is 0.00000104. The standard InChI is InChI=1S/C14H12ClNO2S2.C2H6O.CH4O/c1-2-3-9(6-7-15)11-5-4-10(18-11)8-12-13(17)16-14(19)20-12;1-2-3;1-2/h2-6,8H,7H2,1H3,(H,16,17,19);3H,2H2,1H3;2H,1H3/b3-2-,9-6+,12-8-;;. The molecule has 1 aliphatic rings. The second-order valence-electron chi connectivity index (χ2n) is 4.18. The summed E-state index contributed by atoms with van der Waals surface area (Å²) in [5.41, 5.74) is 0.909. The van der Waals surface area contributed by atoms with Crippen molar-refractivity contribution < 1.29 is 19.4 Å². The van der Waals surface area contributed by atoms with Crippen molar-refractivity contribution >= 4 is 57.5 Å². The number of hydrogen-bond donors (Lipinski definition) is 3. The molecule has 2 heterocycles. The average molecular weight is 404 g/mol. The van der Waals surface area contributed by atoms with Crippen LogP contribution in [0.3, 0.4) is 0 Å². The van der Waals surface area contributed by atoms with Crippen LogP contribution in [0.15, 0.2) is 39.7 Å². The minimum Gasteiger partial charge on any atom is -0.457 e. The third kappa shape index (κ3) is 8.51. The number of thioether (sulfide) groups is 1. The minimum absolute atomic E-state index is 0.192. The summed E-state index contributed by atoms with van der Waals surface area (Å²) < 4.78 is 6.17. The number of alkyl halides is 1. The van der Waals surface area contributed by atoms with Crippen molar-refractivity contribution in [2.24, 2.45) is 0 Å². The lowest BCUT2D eigenvalue weighted by Crippen LogP contribution is -2.17. The lowest BCUT2D eigenvalue weighted by Gasteiger charge is -1.96. The highest BCUT2D eigenvalue weighted by Crippen LogP contribution is 2.27. The molecule has 138 valence electrons. The molecule has 0 aliphatic carbocycles. The highest BCUT2D eigenvalue weighted by molar-refractivity contribution is 8.26. The van der Waals surface area contributed by atoms with E-state index < -0.39 is 0 Å². The van der Waals surface area contributed by atoms with E-state index in [2.05, 4.69) is 5.32 Å². The molecule has 1 fully saturated rings. The number of furan rings is 1. The van der Waals surface area contributed by atoms with Gasteiger partial charge in [-0.1, -0.05) is 42.2 Å². The summed E-state index contributed by atoms with van der Waals surface area (Å²) in [6.45, 7) is 3.86. The molecule has 8 heteroatoms. The Bertz CT molecular complexity index is 651. The number of thiocarbonyl (C=S) groups is 1. The number of carbonyl (C=O) groups excluding carboxylic acids is 1. The van der Waals surface area contributed by atoms with Crippen LogP contribution in [0, 0.1) is 0 Å². The number of nitrogens with one attached hydrogen (secondary N) is 1. The number of hydrogen-bond acceptors (Lipinski definition) is 6. The van der Waals surface area contributed by atoms with Crippen molar-refractivity contribution in [3.8, 4) is 0 Å². The normalized spacial score (nSPS) is 15.6. The molecule has 1 saturated heterocycles. The van der Waals surface area contributed by atoms with Crippen molar-refractivity contribution in [2.45, 2.75) is 13.8 Å². The first-order valence-electron chi connectivity index (χ1n) is 7.35. The molecule has 0 radical (unpaired) electrons. The van der Waals surface area contributed by atoms with Crippen LogP contribution in [0.5, 0.6) is 0 Å². The Morgan fingerprint density at radius 2 is 2.08 bits per heavy atom. The van der Waals surface area contributed by atoms with Crippen LogP contribution in [-0.2, 0) is 4.79 Å². The summed E-state index contributed by atoms with van der Waals surface area (Å²) in [6, 6.07) is 3.66. The van der Waals surface area contributed by atoms with Crippen LogP contribution in [0.25, 0.3) is 11.6 Å². The van der Waals surface area contributed by atoms with Gasteiger partial charge in [0.15, 0.2) is 0 Å². The molecule has 0 saturated carbocycles. The van der Waals surface area contributed by atoms with E-state index in [0.29, 0.717) is 26.6 Å². The zero-order valence-corrected chi connectivity index (χ0v) is 16.7. The maximum atomic E-state index is 11.6. The maximum absolute atomic E-state index is 11.6. The highest BCUT2D eigenvalue weighted by atomic mass is 35.5. The van der Waals surface area contributed by atoms with Crippen LogP contribution in [0.4, 0.5) is 0 Å². The van der Waals surface area contributed by atoms with Crippen LogP contribution >= 0.6 is 35.6 Å². The number of carbonyl (C=O) groups is 1. The minimum atomic E-state index is -0.192. The van der Waals surface area contributed by atoms with Gasteiger partial charge in [0.05, 0.1) is 4.91 Å². The van der Waals surface area contributed by atoms with Crippen LogP contribution in [0.2, 0.25) is 0 Å². The Kier molecular flexibility index (Phi) is 13.1. The van der Waals surface area contributed by atoms with Gasteiger partial charge in [0, 0.05) is 31.2 Å². The highest BCUT2D eigenvalue weighted by Gasteiger charge is 2.22. The molecule has 1 aromatic heterocycles. The summed E-state index contributed by atoms with van der Waals surface area (Å²) >= 11 is 11.9. The molecule has 0 bridgehead atoms. The molecular weight excluding hydrogens is 382 g/mol. The first-order chi connectivity index (χ1) is 12.0. The zero-order chi connectivity index (χ0) is 19.2. The lowest BCUT2D eigenvalue weighted by molar-refractivity contribution is -0.115. The molecule has 2 rings (SSSR count). The van der Waals surface area contributed by atoms with Crippen LogP contribution in [-0.4, -0.2) is 40.0 Å². The van der Waals surface area contributed by atoms with Gasteiger partial charge in [0.25, 0.3) is 5.91 Å². The van der Waals surface area contributed by atoms with Crippen molar-refractivity contribution in [2.75, 3.05) is 19.6 Å². The summed E-state index contributed by atoms with van der Waals surface area (Å²) in [4.78, 5) is 12.1. The largest absolute Gasteiger partial charge is 0.457 e. The van der Waals surface area contributed by atoms with Gasteiger partial charge < -0.3 is 19.9 Å². The third-order valence-corrected chi connectivity index (χ3v) is 3.79. The van der Waals surface area contributed by atoms with Crippen molar-refractivity contribution in [3.63, 3.8) is 0 Å². The van der Waals surface area contributed by atoms with E-state index in [1.54, 1.807) is 13.0 Å². The first-order valence-corrected chi connectivity index (χ1v) is 9.11. The van der Waals surface area contributed by atoms with Crippen molar-refractivity contribution in [3.05, 3.63) is 46.8 Å². The average Bonchev–Trinajstić information content (AvgIpc) is 3.17. The van der Waals surface area contributed by atoms with Gasteiger partial charge in [-0.05, 0) is 26.0 Å². The van der Waals surface area contributed by atoms with E-state index >= 15 is 0 Å². The fourth-order valence-corrected chi connectivity index (χ4v) is 2.84.